The van der Waals surface area contributed by atoms with Crippen LogP contribution in [0, 0.1) is 5.41 Å². The van der Waals surface area contributed by atoms with E-state index in [4.69, 9.17) is 14.9 Å². The summed E-state index contributed by atoms with van der Waals surface area (Å²) in [7, 11) is 5.26. The number of nitrogens with one attached hydrogen (secondary N) is 2. The van der Waals surface area contributed by atoms with Gasteiger partial charge in [0.2, 0.25) is 0 Å². The van der Waals surface area contributed by atoms with Crippen molar-refractivity contribution < 1.29 is 14.6 Å². The lowest BCUT2D eigenvalue weighted by molar-refractivity contribution is 0.296. The minimum atomic E-state index is -0.453. The quantitative estimate of drug-likeness (QED) is 0.293. The van der Waals surface area contributed by atoms with E-state index < -0.39 is 6.04 Å². The third-order valence-electron chi connectivity index (χ3n) is 6.68. The van der Waals surface area contributed by atoms with Crippen LogP contribution in [0.3, 0.4) is 0 Å². The summed E-state index contributed by atoms with van der Waals surface area (Å²) in [4.78, 5) is 12.0. The molecule has 190 valence electrons. The van der Waals surface area contributed by atoms with Crippen LogP contribution in [0.25, 0.3) is 16.6 Å². The average Bonchev–Trinajstić information content (AvgIpc) is 3.44. The Morgan fingerprint density at radius 1 is 1.00 bits per heavy atom. The van der Waals surface area contributed by atoms with Crippen molar-refractivity contribution in [3.05, 3.63) is 89.9 Å². The predicted octanol–water partition coefficient (Wildman–Crippen LogP) is 5.24. The molecule has 1 aliphatic rings. The highest BCUT2D eigenvalue weighted by molar-refractivity contribution is 6.31. The molecule has 1 aromatic heterocycles. The number of hydrogen-bond donors (Lipinski definition) is 3. The Balaban J connectivity index is 1.50. The van der Waals surface area contributed by atoms with E-state index in [1.54, 1.807) is 20.3 Å². The van der Waals surface area contributed by atoms with E-state index in [9.17, 15) is 5.11 Å². The summed E-state index contributed by atoms with van der Waals surface area (Å²) in [6, 6.07) is 23.0. The molecule has 1 unspecified atom stereocenters. The molecule has 0 saturated carbocycles. The van der Waals surface area contributed by atoms with Crippen LogP contribution in [0.4, 0.5) is 5.69 Å². The number of aromatic amines is 1. The van der Waals surface area contributed by atoms with Crippen LogP contribution in [0.2, 0.25) is 0 Å². The number of H-pyrrole nitrogens is 1. The lowest BCUT2D eigenvalue weighted by Gasteiger charge is -2.29. The van der Waals surface area contributed by atoms with Gasteiger partial charge in [-0.1, -0.05) is 42.5 Å². The number of aliphatic hydroxyl groups excluding tert-OH is 1. The number of methoxy groups -OCH3 is 2. The minimum Gasteiger partial charge on any atom is -0.509 e. The Kier molecular flexibility index (Phi) is 6.83. The number of rotatable bonds is 9. The van der Waals surface area contributed by atoms with Crippen molar-refractivity contribution in [2.24, 2.45) is 0 Å². The van der Waals surface area contributed by atoms with Crippen LogP contribution < -0.4 is 14.4 Å². The Hall–Kier alpha value is -4.30. The Morgan fingerprint density at radius 2 is 1.68 bits per heavy atom. The largest absolute Gasteiger partial charge is 0.509 e. The summed E-state index contributed by atoms with van der Waals surface area (Å²) in [5.74, 6) is 1.99. The first-order valence-electron chi connectivity index (χ1n) is 12.2. The highest BCUT2D eigenvalue weighted by atomic mass is 16.5. The molecular weight excluding hydrogens is 466 g/mol. The third kappa shape index (κ3) is 4.88. The maximum Gasteiger partial charge on any atom is 0.145 e. The van der Waals surface area contributed by atoms with E-state index in [-0.39, 0.29) is 11.6 Å². The second kappa shape index (κ2) is 10.4. The van der Waals surface area contributed by atoms with Crippen molar-refractivity contribution in [2.45, 2.75) is 19.0 Å². The first-order chi connectivity index (χ1) is 18.0. The molecule has 3 aromatic carbocycles. The zero-order chi connectivity index (χ0) is 25.9. The molecular formula is C29H31N5O3. The van der Waals surface area contributed by atoms with Gasteiger partial charge in [-0.3, -0.25) is 5.41 Å². The lowest BCUT2D eigenvalue weighted by atomic mass is 10.1. The first kappa shape index (κ1) is 24.4. The SMILES string of the molecule is COc1cc(OC)cc(N2C(=N)C(c3nc4ccccc4[nH]3)=C(O)C2CCN(C)Cc2ccccc2)c1. The van der Waals surface area contributed by atoms with Gasteiger partial charge in [0.05, 0.1) is 42.6 Å². The van der Waals surface area contributed by atoms with Crippen LogP contribution in [0.15, 0.2) is 78.6 Å². The fourth-order valence-corrected chi connectivity index (χ4v) is 4.81. The van der Waals surface area contributed by atoms with Crippen molar-refractivity contribution in [1.82, 2.24) is 14.9 Å². The maximum atomic E-state index is 11.5. The molecule has 0 saturated heterocycles. The van der Waals surface area contributed by atoms with E-state index in [1.165, 1.54) is 5.56 Å². The average molecular weight is 498 g/mol. The number of anilines is 1. The summed E-state index contributed by atoms with van der Waals surface area (Å²) in [6.45, 7) is 1.50. The highest BCUT2D eigenvalue weighted by Gasteiger charge is 2.40. The number of para-hydroxylation sites is 2. The number of aromatic nitrogens is 2. The van der Waals surface area contributed by atoms with Crippen molar-refractivity contribution in [2.75, 3.05) is 32.7 Å². The van der Waals surface area contributed by atoms with E-state index in [0.29, 0.717) is 41.5 Å². The van der Waals surface area contributed by atoms with Crippen molar-refractivity contribution >= 4 is 28.1 Å². The lowest BCUT2D eigenvalue weighted by Crippen LogP contribution is -2.38. The first-order valence-corrected chi connectivity index (χ1v) is 12.2. The van der Waals surface area contributed by atoms with Gasteiger partial charge in [0.15, 0.2) is 0 Å². The van der Waals surface area contributed by atoms with E-state index in [0.717, 1.165) is 17.6 Å². The molecule has 0 bridgehead atoms. The number of nitrogens with zero attached hydrogens (tertiary/aromatic N) is 3. The van der Waals surface area contributed by atoms with Gasteiger partial charge >= 0.3 is 0 Å². The second-order valence-corrected chi connectivity index (χ2v) is 9.18. The van der Waals surface area contributed by atoms with Crippen LogP contribution in [-0.4, -0.2) is 59.7 Å². The van der Waals surface area contributed by atoms with Crippen molar-refractivity contribution in [3.8, 4) is 11.5 Å². The van der Waals surface area contributed by atoms with Gasteiger partial charge in [0.1, 0.15) is 28.9 Å². The molecule has 3 N–H and O–H groups in total. The molecule has 8 heteroatoms. The molecule has 1 aliphatic heterocycles. The van der Waals surface area contributed by atoms with Gasteiger partial charge in [-0.2, -0.15) is 0 Å². The Labute approximate surface area is 216 Å². The van der Waals surface area contributed by atoms with Crippen LogP contribution in [0.5, 0.6) is 11.5 Å². The summed E-state index contributed by atoms with van der Waals surface area (Å²) in [5.41, 5.74) is 3.96. The summed E-state index contributed by atoms with van der Waals surface area (Å²) in [5, 5.41) is 20.7. The fraction of sp³-hybridized carbons (Fsp3) is 0.241. The number of aliphatic hydroxyl groups is 1. The molecule has 1 atom stereocenters. The standard InChI is InChI=1S/C29H31N5O3/c1-33(18-19-9-5-4-6-10-19)14-13-25-27(35)26(29-31-23-11-7-8-12-24(23)32-29)28(30)34(25)20-15-21(36-2)17-22(16-20)37-3/h4-12,15-17,25,30,35H,13-14,18H2,1-3H3,(H,31,32). The van der Waals surface area contributed by atoms with Gasteiger partial charge in [0, 0.05) is 31.3 Å². The highest BCUT2D eigenvalue weighted by Crippen LogP contribution is 2.39. The molecule has 37 heavy (non-hydrogen) atoms. The monoisotopic (exact) mass is 497 g/mol. The zero-order valence-electron chi connectivity index (χ0n) is 21.2. The minimum absolute atomic E-state index is 0.124. The second-order valence-electron chi connectivity index (χ2n) is 9.18. The van der Waals surface area contributed by atoms with Gasteiger partial charge in [-0.05, 0) is 31.2 Å². The Bertz CT molecular complexity index is 1390. The number of hydrogen-bond acceptors (Lipinski definition) is 6. The molecule has 0 amide bonds. The van der Waals surface area contributed by atoms with Gasteiger partial charge < -0.3 is 29.4 Å². The smallest absolute Gasteiger partial charge is 0.145 e. The molecule has 2 heterocycles. The summed E-state index contributed by atoms with van der Waals surface area (Å²) < 4.78 is 11.0. The van der Waals surface area contributed by atoms with E-state index in [2.05, 4.69) is 34.0 Å². The topological polar surface area (TPSA) is 97.7 Å². The number of ether oxygens (including phenoxy) is 2. The zero-order valence-corrected chi connectivity index (χ0v) is 21.2. The molecule has 5 rings (SSSR count). The fourth-order valence-electron chi connectivity index (χ4n) is 4.81. The molecule has 4 aromatic rings. The summed E-state index contributed by atoms with van der Waals surface area (Å²) >= 11 is 0. The molecule has 0 radical (unpaired) electrons. The van der Waals surface area contributed by atoms with Gasteiger partial charge in [-0.25, -0.2) is 4.98 Å². The van der Waals surface area contributed by atoms with Crippen molar-refractivity contribution in [3.63, 3.8) is 0 Å². The number of imidazole rings is 1. The Morgan fingerprint density at radius 3 is 2.35 bits per heavy atom. The van der Waals surface area contributed by atoms with Crippen LogP contribution in [0.1, 0.15) is 17.8 Å². The predicted molar refractivity (Wildman–Crippen MR) is 147 cm³/mol. The van der Waals surface area contributed by atoms with E-state index >= 15 is 0 Å². The number of benzene rings is 3. The van der Waals surface area contributed by atoms with Crippen LogP contribution in [-0.2, 0) is 6.54 Å². The van der Waals surface area contributed by atoms with Gasteiger partial charge in [0.25, 0.3) is 0 Å². The van der Waals surface area contributed by atoms with Crippen LogP contribution >= 0.6 is 0 Å². The summed E-state index contributed by atoms with van der Waals surface area (Å²) in [6.07, 6.45) is 0.598. The normalized spacial score (nSPS) is 15.7. The maximum absolute atomic E-state index is 11.5. The molecule has 0 aliphatic carbocycles. The molecule has 8 nitrogen and oxygen atoms in total. The molecule has 0 spiro atoms. The van der Waals surface area contributed by atoms with E-state index in [1.807, 2.05) is 59.5 Å². The van der Waals surface area contributed by atoms with Crippen molar-refractivity contribution in [1.29, 1.82) is 5.41 Å². The molecule has 0 fully saturated rings. The third-order valence-corrected chi connectivity index (χ3v) is 6.68. The number of fused-ring (bicyclic) bond motifs is 1. The number of amidine groups is 1. The van der Waals surface area contributed by atoms with Gasteiger partial charge in [-0.15, -0.1) is 0 Å².